The van der Waals surface area contributed by atoms with Crippen molar-refractivity contribution < 1.29 is 19.0 Å². The van der Waals surface area contributed by atoms with Gasteiger partial charge in [0.1, 0.15) is 5.82 Å². The first-order chi connectivity index (χ1) is 11.1. The monoisotopic (exact) mass is 317 g/mol. The molecule has 122 valence electrons. The molecule has 1 amide bonds. The third-order valence-corrected chi connectivity index (χ3v) is 3.33. The molecule has 0 bridgehead atoms. The van der Waals surface area contributed by atoms with Crippen molar-refractivity contribution in [2.45, 2.75) is 19.1 Å². The smallest absolute Gasteiger partial charge is 0.222 e. The minimum atomic E-state index is -0.857. The van der Waals surface area contributed by atoms with Gasteiger partial charge in [-0.3, -0.25) is 4.79 Å². The Kier molecular flexibility index (Phi) is 6.72. The molecule has 0 saturated carbocycles. The maximum atomic E-state index is 12.8. The van der Waals surface area contributed by atoms with Crippen molar-refractivity contribution in [1.29, 1.82) is 0 Å². The molecule has 0 aliphatic heterocycles. The molecule has 1 unspecified atom stereocenters. The standard InChI is InChI=1S/C18H20FNO3/c19-16-8-6-15(7-9-16)17(21)12-20-18(22)10-11-23-13-14-4-2-1-3-5-14/h1-9,17,21H,10-13H2,(H,20,22). The van der Waals surface area contributed by atoms with Gasteiger partial charge in [0.2, 0.25) is 5.91 Å². The van der Waals surface area contributed by atoms with E-state index in [2.05, 4.69) is 5.32 Å². The second-order valence-electron chi connectivity index (χ2n) is 5.16. The summed E-state index contributed by atoms with van der Waals surface area (Å²) in [6, 6.07) is 15.3. The van der Waals surface area contributed by atoms with E-state index in [0.29, 0.717) is 18.8 Å². The topological polar surface area (TPSA) is 58.6 Å². The van der Waals surface area contributed by atoms with E-state index in [4.69, 9.17) is 4.74 Å². The summed E-state index contributed by atoms with van der Waals surface area (Å²) in [7, 11) is 0. The fourth-order valence-electron chi connectivity index (χ4n) is 2.03. The lowest BCUT2D eigenvalue weighted by molar-refractivity contribution is -0.122. The van der Waals surface area contributed by atoms with E-state index in [1.807, 2.05) is 30.3 Å². The summed E-state index contributed by atoms with van der Waals surface area (Å²) in [5, 5.41) is 12.5. The van der Waals surface area contributed by atoms with Gasteiger partial charge in [0.25, 0.3) is 0 Å². The van der Waals surface area contributed by atoms with E-state index in [1.54, 1.807) is 0 Å². The molecule has 0 heterocycles. The molecule has 2 aromatic carbocycles. The summed E-state index contributed by atoms with van der Waals surface area (Å²) in [5.74, 6) is -0.556. The lowest BCUT2D eigenvalue weighted by Gasteiger charge is -2.12. The number of benzene rings is 2. The van der Waals surface area contributed by atoms with E-state index >= 15 is 0 Å². The SMILES string of the molecule is O=C(CCOCc1ccccc1)NCC(O)c1ccc(F)cc1. The highest BCUT2D eigenvalue weighted by atomic mass is 19.1. The van der Waals surface area contributed by atoms with Gasteiger partial charge < -0.3 is 15.2 Å². The van der Waals surface area contributed by atoms with Crippen LogP contribution >= 0.6 is 0 Å². The Labute approximate surface area is 134 Å². The number of nitrogens with one attached hydrogen (secondary N) is 1. The first-order valence-electron chi connectivity index (χ1n) is 7.47. The van der Waals surface area contributed by atoms with Gasteiger partial charge in [0, 0.05) is 13.0 Å². The van der Waals surface area contributed by atoms with Gasteiger partial charge in [-0.1, -0.05) is 42.5 Å². The molecular formula is C18H20FNO3. The van der Waals surface area contributed by atoms with Gasteiger partial charge in [-0.2, -0.15) is 0 Å². The molecule has 0 saturated heterocycles. The van der Waals surface area contributed by atoms with Gasteiger partial charge in [-0.15, -0.1) is 0 Å². The van der Waals surface area contributed by atoms with Crippen LogP contribution in [0.5, 0.6) is 0 Å². The number of aliphatic hydroxyl groups excluding tert-OH is 1. The van der Waals surface area contributed by atoms with Crippen molar-refractivity contribution in [2.24, 2.45) is 0 Å². The highest BCUT2D eigenvalue weighted by molar-refractivity contribution is 5.75. The molecule has 0 spiro atoms. The van der Waals surface area contributed by atoms with Crippen LogP contribution in [-0.4, -0.2) is 24.2 Å². The molecule has 2 aromatic rings. The summed E-state index contributed by atoms with van der Waals surface area (Å²) in [6.45, 7) is 0.864. The number of aliphatic hydroxyl groups is 1. The van der Waals surface area contributed by atoms with Crippen molar-refractivity contribution in [1.82, 2.24) is 5.32 Å². The second-order valence-corrected chi connectivity index (χ2v) is 5.16. The Balaban J connectivity index is 1.62. The van der Waals surface area contributed by atoms with Crippen LogP contribution in [0.2, 0.25) is 0 Å². The summed E-state index contributed by atoms with van der Waals surface area (Å²) >= 11 is 0. The summed E-state index contributed by atoms with van der Waals surface area (Å²) < 4.78 is 18.2. The lowest BCUT2D eigenvalue weighted by Crippen LogP contribution is -2.29. The molecule has 0 aliphatic carbocycles. The van der Waals surface area contributed by atoms with E-state index < -0.39 is 6.10 Å². The quantitative estimate of drug-likeness (QED) is 0.736. The molecule has 0 fully saturated rings. The predicted octanol–water partition coefficient (Wildman–Crippen LogP) is 2.58. The highest BCUT2D eigenvalue weighted by Gasteiger charge is 2.09. The number of hydrogen-bond acceptors (Lipinski definition) is 3. The number of ether oxygens (including phenoxy) is 1. The van der Waals surface area contributed by atoms with Crippen molar-refractivity contribution in [2.75, 3.05) is 13.2 Å². The average molecular weight is 317 g/mol. The van der Waals surface area contributed by atoms with Gasteiger partial charge >= 0.3 is 0 Å². The molecule has 23 heavy (non-hydrogen) atoms. The molecule has 0 aliphatic rings. The minimum Gasteiger partial charge on any atom is -0.387 e. The van der Waals surface area contributed by atoms with Crippen LogP contribution < -0.4 is 5.32 Å². The van der Waals surface area contributed by atoms with Crippen molar-refractivity contribution in [3.8, 4) is 0 Å². The van der Waals surface area contributed by atoms with Crippen LogP contribution in [0.3, 0.4) is 0 Å². The summed E-state index contributed by atoms with van der Waals surface area (Å²) in [4.78, 5) is 11.7. The number of hydrogen-bond donors (Lipinski definition) is 2. The van der Waals surface area contributed by atoms with Gasteiger partial charge in [-0.25, -0.2) is 4.39 Å². The summed E-state index contributed by atoms with van der Waals surface area (Å²) in [6.07, 6.45) is -0.632. The zero-order valence-corrected chi connectivity index (χ0v) is 12.7. The minimum absolute atomic E-state index is 0.0865. The van der Waals surface area contributed by atoms with Gasteiger partial charge in [0.05, 0.1) is 19.3 Å². The van der Waals surface area contributed by atoms with E-state index in [9.17, 15) is 14.3 Å². The zero-order valence-electron chi connectivity index (χ0n) is 12.7. The third kappa shape index (κ3) is 6.18. The number of carbonyl (C=O) groups is 1. The average Bonchev–Trinajstić information content (AvgIpc) is 2.58. The van der Waals surface area contributed by atoms with E-state index in [-0.39, 0.29) is 24.7 Å². The van der Waals surface area contributed by atoms with Crippen LogP contribution in [-0.2, 0) is 16.1 Å². The maximum absolute atomic E-state index is 12.8. The Morgan fingerprint density at radius 2 is 1.83 bits per heavy atom. The third-order valence-electron chi connectivity index (χ3n) is 3.33. The van der Waals surface area contributed by atoms with Crippen LogP contribution in [0.4, 0.5) is 4.39 Å². The van der Waals surface area contributed by atoms with E-state index in [0.717, 1.165) is 5.56 Å². The van der Waals surface area contributed by atoms with Crippen molar-refractivity contribution in [3.05, 3.63) is 71.5 Å². The van der Waals surface area contributed by atoms with Gasteiger partial charge in [0.15, 0.2) is 0 Å². The number of rotatable bonds is 8. The Morgan fingerprint density at radius 3 is 2.52 bits per heavy atom. The molecule has 0 aromatic heterocycles. The normalized spacial score (nSPS) is 11.9. The first kappa shape index (κ1) is 17.1. The molecule has 4 nitrogen and oxygen atoms in total. The van der Waals surface area contributed by atoms with Crippen LogP contribution in [0.1, 0.15) is 23.7 Å². The molecule has 5 heteroatoms. The number of amides is 1. The van der Waals surface area contributed by atoms with E-state index in [1.165, 1.54) is 24.3 Å². The number of halogens is 1. The van der Waals surface area contributed by atoms with Crippen molar-refractivity contribution >= 4 is 5.91 Å². The highest BCUT2D eigenvalue weighted by Crippen LogP contribution is 2.12. The lowest BCUT2D eigenvalue weighted by atomic mass is 10.1. The zero-order chi connectivity index (χ0) is 16.5. The Bertz CT molecular complexity index is 601. The molecule has 2 rings (SSSR count). The molecular weight excluding hydrogens is 297 g/mol. The maximum Gasteiger partial charge on any atom is 0.222 e. The Morgan fingerprint density at radius 1 is 1.13 bits per heavy atom. The van der Waals surface area contributed by atoms with Gasteiger partial charge in [-0.05, 0) is 23.3 Å². The second kappa shape index (κ2) is 9.02. The fraction of sp³-hybridized carbons (Fsp3) is 0.278. The van der Waals surface area contributed by atoms with Crippen LogP contribution in [0.15, 0.2) is 54.6 Å². The largest absolute Gasteiger partial charge is 0.387 e. The molecule has 0 radical (unpaired) electrons. The van der Waals surface area contributed by atoms with Crippen LogP contribution in [0, 0.1) is 5.82 Å². The first-order valence-corrected chi connectivity index (χ1v) is 7.47. The summed E-state index contributed by atoms with van der Waals surface area (Å²) in [5.41, 5.74) is 1.62. The molecule has 2 N–H and O–H groups in total. The predicted molar refractivity (Wildman–Crippen MR) is 85.1 cm³/mol. The number of carbonyl (C=O) groups excluding carboxylic acids is 1. The molecule has 1 atom stereocenters. The fourth-order valence-corrected chi connectivity index (χ4v) is 2.03. The van der Waals surface area contributed by atoms with Crippen molar-refractivity contribution in [3.63, 3.8) is 0 Å². The Hall–Kier alpha value is -2.24. The van der Waals surface area contributed by atoms with Crippen LogP contribution in [0.25, 0.3) is 0 Å².